The first-order chi connectivity index (χ1) is 16.0. The average molecular weight is 483 g/mol. The van der Waals surface area contributed by atoms with Crippen LogP contribution < -0.4 is 5.32 Å². The van der Waals surface area contributed by atoms with E-state index in [0.717, 1.165) is 35.0 Å². The Balaban J connectivity index is 1.41. The highest BCUT2D eigenvalue weighted by atomic mass is 35.5. The molecule has 8 nitrogen and oxygen atoms in total. The lowest BCUT2D eigenvalue weighted by molar-refractivity contribution is -0.131. The van der Waals surface area contributed by atoms with Crippen molar-refractivity contribution in [2.45, 2.75) is 25.0 Å². The topological polar surface area (TPSA) is 93.0 Å². The van der Waals surface area contributed by atoms with Gasteiger partial charge in [0, 0.05) is 19.0 Å². The van der Waals surface area contributed by atoms with Gasteiger partial charge in [-0.3, -0.25) is 9.59 Å². The number of aromatic nitrogens is 4. The summed E-state index contributed by atoms with van der Waals surface area (Å²) < 4.78 is 2.14. The molecule has 2 amide bonds. The number of aryl methyl sites for hydroxylation is 1. The molecule has 2 aromatic carbocycles. The van der Waals surface area contributed by atoms with Gasteiger partial charge in [-0.2, -0.15) is 0 Å². The van der Waals surface area contributed by atoms with Crippen molar-refractivity contribution in [3.63, 3.8) is 0 Å². The second-order valence-corrected chi connectivity index (χ2v) is 8.85. The summed E-state index contributed by atoms with van der Waals surface area (Å²) >= 11 is 7.26. The van der Waals surface area contributed by atoms with E-state index in [1.807, 2.05) is 24.3 Å². The summed E-state index contributed by atoms with van der Waals surface area (Å²) in [6, 6.07) is 15.0. The van der Waals surface area contributed by atoms with E-state index in [9.17, 15) is 9.59 Å². The average Bonchev–Trinajstić information content (AvgIpc) is 3.12. The number of benzene rings is 2. The highest BCUT2D eigenvalue weighted by Gasteiger charge is 2.17. The van der Waals surface area contributed by atoms with Crippen LogP contribution in [0, 0.1) is 0 Å². The minimum atomic E-state index is -0.327. The van der Waals surface area contributed by atoms with Gasteiger partial charge in [0.25, 0.3) is 0 Å². The molecule has 0 radical (unpaired) electrons. The fourth-order valence-corrected chi connectivity index (χ4v) is 4.40. The molecule has 2 aromatic heterocycles. The van der Waals surface area contributed by atoms with Crippen molar-refractivity contribution in [2.75, 3.05) is 24.7 Å². The van der Waals surface area contributed by atoms with Crippen LogP contribution in [-0.2, 0) is 16.1 Å². The molecular weight excluding hydrogens is 460 g/mol. The van der Waals surface area contributed by atoms with Crippen LogP contribution in [0.3, 0.4) is 0 Å². The Morgan fingerprint density at radius 2 is 1.88 bits per heavy atom. The van der Waals surface area contributed by atoms with Gasteiger partial charge < -0.3 is 14.8 Å². The normalized spacial score (nSPS) is 11.1. The van der Waals surface area contributed by atoms with Crippen molar-refractivity contribution in [3.8, 4) is 0 Å². The van der Waals surface area contributed by atoms with Gasteiger partial charge in [-0.15, -0.1) is 10.2 Å². The molecule has 0 aliphatic rings. The number of carbonyl (C=O) groups excluding carboxylic acids is 2. The predicted molar refractivity (Wildman–Crippen MR) is 132 cm³/mol. The Morgan fingerprint density at radius 1 is 1.12 bits per heavy atom. The standard InChI is InChI=1S/C23H23ClN6O2S/c1-3-12-30-18-11-7-4-8-15(18)21-22(30)26-23(28-27-21)33-14-20(32)29(2)13-19(31)25-17-10-6-5-9-16(17)24/h4-11H,3,12-14H2,1-2H3,(H,25,31). The summed E-state index contributed by atoms with van der Waals surface area (Å²) in [7, 11) is 1.58. The third-order valence-electron chi connectivity index (χ3n) is 5.08. The van der Waals surface area contributed by atoms with E-state index in [4.69, 9.17) is 11.6 Å². The Kier molecular flexibility index (Phi) is 7.10. The van der Waals surface area contributed by atoms with E-state index in [1.165, 1.54) is 16.7 Å². The SMILES string of the molecule is CCCn1c2ccccc2c2nnc(SCC(=O)N(C)CC(=O)Nc3ccccc3Cl)nc21. The molecule has 33 heavy (non-hydrogen) atoms. The van der Waals surface area contributed by atoms with E-state index in [1.54, 1.807) is 31.3 Å². The monoisotopic (exact) mass is 482 g/mol. The van der Waals surface area contributed by atoms with Gasteiger partial charge in [-0.25, -0.2) is 4.98 Å². The predicted octanol–water partition coefficient (Wildman–Crippen LogP) is 4.23. The van der Waals surface area contributed by atoms with Crippen LogP contribution in [0.15, 0.2) is 53.7 Å². The number of fused-ring (bicyclic) bond motifs is 3. The van der Waals surface area contributed by atoms with Gasteiger partial charge in [0.2, 0.25) is 17.0 Å². The maximum absolute atomic E-state index is 12.6. The zero-order valence-corrected chi connectivity index (χ0v) is 19.9. The quantitative estimate of drug-likeness (QED) is 0.378. The largest absolute Gasteiger partial charge is 0.336 e. The van der Waals surface area contributed by atoms with E-state index in [-0.39, 0.29) is 24.1 Å². The molecule has 170 valence electrons. The molecule has 4 aromatic rings. The molecule has 10 heteroatoms. The van der Waals surface area contributed by atoms with Crippen molar-refractivity contribution < 1.29 is 9.59 Å². The fourth-order valence-electron chi connectivity index (χ4n) is 3.49. The van der Waals surface area contributed by atoms with Gasteiger partial charge in [0.05, 0.1) is 28.5 Å². The van der Waals surface area contributed by atoms with E-state index >= 15 is 0 Å². The molecule has 0 aliphatic carbocycles. The summed E-state index contributed by atoms with van der Waals surface area (Å²) in [4.78, 5) is 30.9. The number of carbonyl (C=O) groups is 2. The van der Waals surface area contributed by atoms with E-state index in [0.29, 0.717) is 15.9 Å². The highest BCUT2D eigenvalue weighted by molar-refractivity contribution is 7.99. The molecular formula is C23H23ClN6O2S. The molecule has 0 atom stereocenters. The number of likely N-dealkylation sites (N-methyl/N-ethyl adjacent to an activating group) is 1. The van der Waals surface area contributed by atoms with Gasteiger partial charge in [0.1, 0.15) is 5.52 Å². The Labute approximate surface area is 200 Å². The van der Waals surface area contributed by atoms with E-state index < -0.39 is 0 Å². The van der Waals surface area contributed by atoms with Gasteiger partial charge >= 0.3 is 0 Å². The molecule has 0 spiro atoms. The number of nitrogens with one attached hydrogen (secondary N) is 1. The lowest BCUT2D eigenvalue weighted by Gasteiger charge is -2.16. The number of para-hydroxylation sites is 2. The van der Waals surface area contributed by atoms with Crippen LogP contribution in [0.2, 0.25) is 5.02 Å². The fraction of sp³-hybridized carbons (Fsp3) is 0.261. The number of nitrogens with zero attached hydrogens (tertiary/aromatic N) is 5. The summed E-state index contributed by atoms with van der Waals surface area (Å²) in [5.74, 6) is -0.448. The van der Waals surface area contributed by atoms with Crippen molar-refractivity contribution in [1.29, 1.82) is 0 Å². The second kappa shape index (κ2) is 10.2. The van der Waals surface area contributed by atoms with Gasteiger partial charge in [-0.05, 0) is 24.6 Å². The maximum atomic E-state index is 12.6. The number of anilines is 1. The van der Waals surface area contributed by atoms with Crippen LogP contribution in [0.5, 0.6) is 0 Å². The van der Waals surface area contributed by atoms with Gasteiger partial charge in [0.15, 0.2) is 5.65 Å². The first-order valence-corrected chi connectivity index (χ1v) is 11.9. The number of hydrogen-bond acceptors (Lipinski definition) is 6. The Bertz CT molecular complexity index is 1330. The third-order valence-corrected chi connectivity index (χ3v) is 6.23. The molecule has 0 fully saturated rings. The van der Waals surface area contributed by atoms with Gasteiger partial charge in [-0.1, -0.05) is 60.6 Å². The molecule has 4 rings (SSSR count). The second-order valence-electron chi connectivity index (χ2n) is 7.50. The molecule has 0 saturated heterocycles. The summed E-state index contributed by atoms with van der Waals surface area (Å²) in [5.41, 5.74) is 3.09. The number of thioether (sulfide) groups is 1. The first kappa shape index (κ1) is 23.0. The Hall–Kier alpha value is -3.17. The van der Waals surface area contributed by atoms with Crippen LogP contribution in [0.1, 0.15) is 13.3 Å². The minimum Gasteiger partial charge on any atom is -0.336 e. The smallest absolute Gasteiger partial charge is 0.244 e. The molecule has 0 saturated carbocycles. The molecule has 0 bridgehead atoms. The first-order valence-electron chi connectivity index (χ1n) is 10.5. The van der Waals surface area contributed by atoms with Crippen LogP contribution in [0.4, 0.5) is 5.69 Å². The summed E-state index contributed by atoms with van der Waals surface area (Å²) in [6.45, 7) is 2.84. The van der Waals surface area contributed by atoms with Crippen LogP contribution >= 0.6 is 23.4 Å². The van der Waals surface area contributed by atoms with E-state index in [2.05, 4.69) is 32.0 Å². The van der Waals surface area contributed by atoms with Crippen LogP contribution in [0.25, 0.3) is 22.1 Å². The molecule has 2 heterocycles. The van der Waals surface area contributed by atoms with Crippen LogP contribution in [-0.4, -0.2) is 55.8 Å². The van der Waals surface area contributed by atoms with Crippen molar-refractivity contribution in [1.82, 2.24) is 24.6 Å². The summed E-state index contributed by atoms with van der Waals surface area (Å²) in [6.07, 6.45) is 0.958. The number of rotatable bonds is 8. The molecule has 0 unspecified atom stereocenters. The molecule has 1 N–H and O–H groups in total. The number of hydrogen-bond donors (Lipinski definition) is 1. The summed E-state index contributed by atoms with van der Waals surface area (Å²) in [5, 5.41) is 13.2. The third kappa shape index (κ3) is 5.09. The lowest BCUT2D eigenvalue weighted by Crippen LogP contribution is -2.36. The van der Waals surface area contributed by atoms with Crippen molar-refractivity contribution in [3.05, 3.63) is 53.6 Å². The van der Waals surface area contributed by atoms with Crippen molar-refractivity contribution in [2.24, 2.45) is 0 Å². The highest BCUT2D eigenvalue weighted by Crippen LogP contribution is 2.27. The lowest BCUT2D eigenvalue weighted by atomic mass is 10.2. The molecule has 0 aliphatic heterocycles. The van der Waals surface area contributed by atoms with Crippen molar-refractivity contribution >= 4 is 62.9 Å². The minimum absolute atomic E-state index is 0.0898. The zero-order valence-electron chi connectivity index (χ0n) is 18.3. The number of amides is 2. The Morgan fingerprint density at radius 3 is 2.67 bits per heavy atom. The maximum Gasteiger partial charge on any atom is 0.244 e. The zero-order chi connectivity index (χ0) is 23.4. The number of halogens is 1.